The first-order valence-corrected chi connectivity index (χ1v) is 7.98. The summed E-state index contributed by atoms with van der Waals surface area (Å²) >= 11 is 1.55. The van der Waals surface area contributed by atoms with Crippen molar-refractivity contribution in [2.45, 2.75) is 38.8 Å². The molecule has 2 aromatic heterocycles. The standard InChI is InChI=1S/C14H18N4O2S/c1-3-14(4-2)12(20)15-7-11(19)18(14)9-10-8-17-5-6-21-13(17)16-10/h5-6,8H,3-4,7,9H2,1-2H3,(H,15,20). The van der Waals surface area contributed by atoms with Crippen molar-refractivity contribution >= 4 is 28.1 Å². The summed E-state index contributed by atoms with van der Waals surface area (Å²) in [6, 6.07) is 0. The molecule has 1 N–H and O–H groups in total. The van der Waals surface area contributed by atoms with Gasteiger partial charge in [-0.3, -0.25) is 14.0 Å². The summed E-state index contributed by atoms with van der Waals surface area (Å²) in [5.41, 5.74) is 0.0583. The number of carbonyl (C=O) groups excluding carboxylic acids is 2. The average Bonchev–Trinajstić information content (AvgIpc) is 3.05. The van der Waals surface area contributed by atoms with Crippen molar-refractivity contribution in [1.82, 2.24) is 19.6 Å². The van der Waals surface area contributed by atoms with Gasteiger partial charge in [-0.25, -0.2) is 4.98 Å². The van der Waals surface area contributed by atoms with Crippen molar-refractivity contribution in [2.75, 3.05) is 6.54 Å². The Hall–Kier alpha value is -1.89. The number of hydrogen-bond acceptors (Lipinski definition) is 4. The van der Waals surface area contributed by atoms with E-state index < -0.39 is 5.54 Å². The smallest absolute Gasteiger partial charge is 0.246 e. The van der Waals surface area contributed by atoms with Crippen LogP contribution in [0, 0.1) is 0 Å². The van der Waals surface area contributed by atoms with Gasteiger partial charge in [0, 0.05) is 17.8 Å². The minimum atomic E-state index is -0.758. The monoisotopic (exact) mass is 306 g/mol. The van der Waals surface area contributed by atoms with Crippen LogP contribution in [0.25, 0.3) is 4.96 Å². The van der Waals surface area contributed by atoms with E-state index >= 15 is 0 Å². The molecule has 0 aromatic carbocycles. The topological polar surface area (TPSA) is 66.7 Å². The molecular weight excluding hydrogens is 288 g/mol. The normalized spacial score (nSPS) is 18.3. The fraction of sp³-hybridized carbons (Fsp3) is 0.500. The van der Waals surface area contributed by atoms with Gasteiger partial charge >= 0.3 is 0 Å². The van der Waals surface area contributed by atoms with E-state index in [-0.39, 0.29) is 18.4 Å². The first-order chi connectivity index (χ1) is 10.1. The third kappa shape index (κ3) is 2.12. The molecule has 3 heterocycles. The second kappa shape index (κ2) is 5.14. The van der Waals surface area contributed by atoms with Gasteiger partial charge < -0.3 is 10.2 Å². The molecule has 112 valence electrons. The van der Waals surface area contributed by atoms with Gasteiger partial charge in [-0.1, -0.05) is 13.8 Å². The highest BCUT2D eigenvalue weighted by molar-refractivity contribution is 7.15. The molecule has 0 saturated carbocycles. The molecule has 2 aromatic rings. The van der Waals surface area contributed by atoms with Crippen LogP contribution in [0.1, 0.15) is 32.4 Å². The SMILES string of the molecule is CCC1(CC)C(=O)NCC(=O)N1Cc1cn2ccsc2n1. The van der Waals surface area contributed by atoms with Gasteiger partial charge in [0.05, 0.1) is 18.8 Å². The Morgan fingerprint density at radius 1 is 1.38 bits per heavy atom. The number of fused-ring (bicyclic) bond motifs is 1. The summed E-state index contributed by atoms with van der Waals surface area (Å²) in [5.74, 6) is -0.109. The summed E-state index contributed by atoms with van der Waals surface area (Å²) in [6.07, 6.45) is 5.06. The Balaban J connectivity index is 1.94. The van der Waals surface area contributed by atoms with Crippen molar-refractivity contribution in [3.63, 3.8) is 0 Å². The number of amides is 2. The zero-order valence-corrected chi connectivity index (χ0v) is 12.9. The highest BCUT2D eigenvalue weighted by atomic mass is 32.1. The second-order valence-corrected chi connectivity index (χ2v) is 6.10. The van der Waals surface area contributed by atoms with E-state index in [2.05, 4.69) is 10.3 Å². The molecule has 1 saturated heterocycles. The van der Waals surface area contributed by atoms with E-state index in [9.17, 15) is 9.59 Å². The molecule has 0 atom stereocenters. The Morgan fingerprint density at radius 3 is 2.81 bits per heavy atom. The van der Waals surface area contributed by atoms with Crippen LogP contribution in [0.15, 0.2) is 17.8 Å². The molecule has 3 rings (SSSR count). The summed E-state index contributed by atoms with van der Waals surface area (Å²) < 4.78 is 1.94. The van der Waals surface area contributed by atoms with Crippen molar-refractivity contribution in [3.05, 3.63) is 23.5 Å². The second-order valence-electron chi connectivity index (χ2n) is 5.23. The first-order valence-electron chi connectivity index (χ1n) is 7.10. The Labute approximate surface area is 126 Å². The maximum Gasteiger partial charge on any atom is 0.246 e. The van der Waals surface area contributed by atoms with Crippen molar-refractivity contribution in [1.29, 1.82) is 0 Å². The van der Waals surface area contributed by atoms with E-state index in [1.165, 1.54) is 0 Å². The maximum atomic E-state index is 12.3. The van der Waals surface area contributed by atoms with E-state index in [1.807, 2.05) is 36.0 Å². The highest BCUT2D eigenvalue weighted by Crippen LogP contribution is 2.29. The fourth-order valence-electron chi connectivity index (χ4n) is 2.98. The summed E-state index contributed by atoms with van der Waals surface area (Å²) in [5, 5.41) is 4.67. The predicted octanol–water partition coefficient (Wildman–Crippen LogP) is 1.41. The summed E-state index contributed by atoms with van der Waals surface area (Å²) in [4.78, 5) is 31.7. The van der Waals surface area contributed by atoms with Gasteiger partial charge in [0.2, 0.25) is 11.8 Å². The third-order valence-corrected chi connectivity index (χ3v) is 5.04. The largest absolute Gasteiger partial charge is 0.345 e. The molecule has 1 fully saturated rings. The van der Waals surface area contributed by atoms with Crippen molar-refractivity contribution in [3.8, 4) is 0 Å². The highest BCUT2D eigenvalue weighted by Gasteiger charge is 2.46. The molecule has 0 aliphatic carbocycles. The Bertz CT molecular complexity index is 658. The summed E-state index contributed by atoms with van der Waals surface area (Å²) in [6.45, 7) is 4.34. The van der Waals surface area contributed by atoms with Crippen LogP contribution in [-0.2, 0) is 16.1 Å². The number of nitrogens with zero attached hydrogens (tertiary/aromatic N) is 3. The predicted molar refractivity (Wildman–Crippen MR) is 79.9 cm³/mol. The molecule has 2 amide bonds. The minimum absolute atomic E-state index is 0.0466. The van der Waals surface area contributed by atoms with Gasteiger partial charge in [0.25, 0.3) is 0 Å². The molecule has 0 radical (unpaired) electrons. The van der Waals surface area contributed by atoms with Crippen LogP contribution >= 0.6 is 11.3 Å². The van der Waals surface area contributed by atoms with Gasteiger partial charge in [-0.15, -0.1) is 11.3 Å². The van der Waals surface area contributed by atoms with Crippen LogP contribution in [0.2, 0.25) is 0 Å². The Morgan fingerprint density at radius 2 is 2.14 bits per heavy atom. The number of thiazole rings is 1. The molecule has 1 aliphatic heterocycles. The van der Waals surface area contributed by atoms with E-state index in [0.29, 0.717) is 19.4 Å². The van der Waals surface area contributed by atoms with Gasteiger partial charge in [0.1, 0.15) is 5.54 Å². The number of hydrogen-bond donors (Lipinski definition) is 1. The maximum absolute atomic E-state index is 12.3. The third-order valence-electron chi connectivity index (χ3n) is 4.27. The number of imidazole rings is 1. The molecule has 0 unspecified atom stereocenters. The fourth-order valence-corrected chi connectivity index (χ4v) is 3.70. The lowest BCUT2D eigenvalue weighted by atomic mass is 9.87. The van der Waals surface area contributed by atoms with Crippen LogP contribution < -0.4 is 5.32 Å². The molecule has 7 heteroatoms. The lowest BCUT2D eigenvalue weighted by molar-refractivity contribution is -0.155. The molecule has 1 aliphatic rings. The summed E-state index contributed by atoms with van der Waals surface area (Å²) in [7, 11) is 0. The minimum Gasteiger partial charge on any atom is -0.345 e. The van der Waals surface area contributed by atoms with E-state index in [1.54, 1.807) is 16.2 Å². The van der Waals surface area contributed by atoms with Crippen LogP contribution in [-0.4, -0.2) is 38.2 Å². The average molecular weight is 306 g/mol. The molecule has 21 heavy (non-hydrogen) atoms. The van der Waals surface area contributed by atoms with Crippen molar-refractivity contribution in [2.24, 2.45) is 0 Å². The number of rotatable bonds is 4. The lowest BCUT2D eigenvalue weighted by Crippen LogP contribution is -2.66. The van der Waals surface area contributed by atoms with Crippen LogP contribution in [0.5, 0.6) is 0 Å². The molecular formula is C14H18N4O2S. The molecule has 0 spiro atoms. The zero-order chi connectivity index (χ0) is 15.0. The molecule has 0 bridgehead atoms. The van der Waals surface area contributed by atoms with Crippen LogP contribution in [0.3, 0.4) is 0 Å². The van der Waals surface area contributed by atoms with E-state index in [4.69, 9.17) is 0 Å². The zero-order valence-electron chi connectivity index (χ0n) is 12.1. The number of aromatic nitrogens is 2. The number of carbonyl (C=O) groups is 2. The van der Waals surface area contributed by atoms with Crippen LogP contribution in [0.4, 0.5) is 0 Å². The number of nitrogens with one attached hydrogen (secondary N) is 1. The van der Waals surface area contributed by atoms with Gasteiger partial charge in [-0.2, -0.15) is 0 Å². The van der Waals surface area contributed by atoms with Crippen molar-refractivity contribution < 1.29 is 9.59 Å². The van der Waals surface area contributed by atoms with Gasteiger partial charge in [0.15, 0.2) is 4.96 Å². The quantitative estimate of drug-likeness (QED) is 0.929. The van der Waals surface area contributed by atoms with E-state index in [0.717, 1.165) is 10.7 Å². The number of piperazine rings is 1. The Kier molecular flexibility index (Phi) is 3.44. The molecule has 6 nitrogen and oxygen atoms in total. The van der Waals surface area contributed by atoms with Gasteiger partial charge in [-0.05, 0) is 12.8 Å². The lowest BCUT2D eigenvalue weighted by Gasteiger charge is -2.44. The first kappa shape index (κ1) is 14.1.